The van der Waals surface area contributed by atoms with Gasteiger partial charge in [0.2, 0.25) is 0 Å². The van der Waals surface area contributed by atoms with Gasteiger partial charge in [0.05, 0.1) is 5.56 Å². The molecule has 2 rings (SSSR count). The monoisotopic (exact) mass is 264 g/mol. The Kier molecular flexibility index (Phi) is 3.75. The molecule has 0 saturated carbocycles. The molecule has 0 saturated heterocycles. The summed E-state index contributed by atoms with van der Waals surface area (Å²) in [4.78, 5) is 10.8. The molecule has 3 nitrogen and oxygen atoms in total. The molecule has 0 amide bonds. The van der Waals surface area contributed by atoms with Crippen LogP contribution in [0.25, 0.3) is 0 Å². The number of rotatable bonds is 4. The molecule has 1 N–H and O–H groups in total. The second-order valence-corrected chi connectivity index (χ2v) is 3.86. The third-order valence-electron chi connectivity index (χ3n) is 2.47. The third kappa shape index (κ3) is 3.28. The predicted octanol–water partition coefficient (Wildman–Crippen LogP) is 3.24. The van der Waals surface area contributed by atoms with E-state index in [0.717, 1.165) is 12.1 Å². The Morgan fingerprint density at radius 1 is 1.16 bits per heavy atom. The Hall–Kier alpha value is -2.43. The number of carboxylic acids is 1. The minimum Gasteiger partial charge on any atom is -0.489 e. The first-order chi connectivity index (χ1) is 9.06. The number of carbonyl (C=O) groups is 1. The second kappa shape index (κ2) is 5.48. The van der Waals surface area contributed by atoms with Crippen LogP contribution in [0.1, 0.15) is 15.9 Å². The fraction of sp³-hybridized carbons (Fsp3) is 0.0714. The van der Waals surface area contributed by atoms with Crippen molar-refractivity contribution in [1.29, 1.82) is 0 Å². The Labute approximate surface area is 108 Å². The van der Waals surface area contributed by atoms with Crippen molar-refractivity contribution in [3.8, 4) is 5.75 Å². The van der Waals surface area contributed by atoms with E-state index >= 15 is 0 Å². The van der Waals surface area contributed by atoms with Crippen molar-refractivity contribution in [2.75, 3.05) is 0 Å². The normalized spacial score (nSPS) is 10.2. The molecule has 0 unspecified atom stereocenters. The summed E-state index contributed by atoms with van der Waals surface area (Å²) in [6.45, 7) is -0.102. The van der Waals surface area contributed by atoms with Crippen LogP contribution in [0.5, 0.6) is 5.75 Å². The molecule has 0 fully saturated rings. The number of benzene rings is 2. The highest BCUT2D eigenvalue weighted by molar-refractivity contribution is 5.88. The van der Waals surface area contributed by atoms with E-state index in [2.05, 4.69) is 0 Å². The van der Waals surface area contributed by atoms with Gasteiger partial charge in [0, 0.05) is 11.6 Å². The standard InChI is InChI=1S/C14H10F2O3/c15-11-5-10(14(17)18)6-12(7-11)19-8-9-3-1-2-4-13(9)16/h1-7H,8H2,(H,17,18). The van der Waals surface area contributed by atoms with Crippen LogP contribution in [0.15, 0.2) is 42.5 Å². The molecular formula is C14H10F2O3. The highest BCUT2D eigenvalue weighted by Gasteiger charge is 2.08. The lowest BCUT2D eigenvalue weighted by Gasteiger charge is -2.08. The van der Waals surface area contributed by atoms with Crippen molar-refractivity contribution in [3.05, 3.63) is 65.2 Å². The predicted molar refractivity (Wildman–Crippen MR) is 64.1 cm³/mol. The van der Waals surface area contributed by atoms with Gasteiger partial charge in [0.25, 0.3) is 0 Å². The molecule has 0 heterocycles. The van der Waals surface area contributed by atoms with Gasteiger partial charge in [-0.15, -0.1) is 0 Å². The zero-order valence-corrected chi connectivity index (χ0v) is 9.77. The van der Waals surface area contributed by atoms with Gasteiger partial charge in [-0.05, 0) is 18.2 Å². The minimum atomic E-state index is -1.25. The highest BCUT2D eigenvalue weighted by Crippen LogP contribution is 2.18. The molecule has 0 aliphatic rings. The molecular weight excluding hydrogens is 254 g/mol. The van der Waals surface area contributed by atoms with E-state index in [1.807, 2.05) is 0 Å². The summed E-state index contributed by atoms with van der Waals surface area (Å²) in [7, 11) is 0. The molecule has 2 aromatic rings. The molecule has 19 heavy (non-hydrogen) atoms. The Bertz CT molecular complexity index is 611. The van der Waals surface area contributed by atoms with Crippen LogP contribution < -0.4 is 4.74 Å². The first-order valence-corrected chi connectivity index (χ1v) is 5.46. The zero-order valence-electron chi connectivity index (χ0n) is 9.77. The number of hydrogen-bond acceptors (Lipinski definition) is 2. The van der Waals surface area contributed by atoms with Crippen LogP contribution in [0.3, 0.4) is 0 Å². The maximum atomic E-state index is 13.3. The van der Waals surface area contributed by atoms with Gasteiger partial charge < -0.3 is 9.84 Å². The van der Waals surface area contributed by atoms with Crippen molar-refractivity contribution < 1.29 is 23.4 Å². The first-order valence-electron chi connectivity index (χ1n) is 5.46. The van der Waals surface area contributed by atoms with Crippen LogP contribution in [0.4, 0.5) is 8.78 Å². The fourth-order valence-corrected chi connectivity index (χ4v) is 1.55. The van der Waals surface area contributed by atoms with E-state index in [4.69, 9.17) is 9.84 Å². The van der Waals surface area contributed by atoms with E-state index in [0.29, 0.717) is 5.56 Å². The molecule has 0 spiro atoms. The average molecular weight is 264 g/mol. The van der Waals surface area contributed by atoms with Gasteiger partial charge in [-0.25, -0.2) is 13.6 Å². The number of ether oxygens (including phenoxy) is 1. The topological polar surface area (TPSA) is 46.5 Å². The van der Waals surface area contributed by atoms with Crippen molar-refractivity contribution in [2.24, 2.45) is 0 Å². The summed E-state index contributed by atoms with van der Waals surface area (Å²) in [5, 5.41) is 8.78. The second-order valence-electron chi connectivity index (χ2n) is 3.86. The van der Waals surface area contributed by atoms with Gasteiger partial charge >= 0.3 is 5.97 Å². The Morgan fingerprint density at radius 3 is 2.58 bits per heavy atom. The lowest BCUT2D eigenvalue weighted by Crippen LogP contribution is -2.01. The lowest BCUT2D eigenvalue weighted by atomic mass is 10.2. The molecule has 0 aromatic heterocycles. The zero-order chi connectivity index (χ0) is 13.8. The summed E-state index contributed by atoms with van der Waals surface area (Å²) >= 11 is 0. The molecule has 0 aliphatic heterocycles. The SMILES string of the molecule is O=C(O)c1cc(F)cc(OCc2ccccc2F)c1. The van der Waals surface area contributed by atoms with Crippen LogP contribution in [-0.2, 0) is 6.61 Å². The molecule has 0 radical (unpaired) electrons. The molecule has 98 valence electrons. The van der Waals surface area contributed by atoms with Crippen molar-refractivity contribution in [2.45, 2.75) is 6.61 Å². The third-order valence-corrected chi connectivity index (χ3v) is 2.47. The van der Waals surface area contributed by atoms with Gasteiger partial charge in [-0.1, -0.05) is 18.2 Å². The van der Waals surface area contributed by atoms with Crippen LogP contribution in [-0.4, -0.2) is 11.1 Å². The van der Waals surface area contributed by atoms with E-state index in [1.54, 1.807) is 12.1 Å². The molecule has 0 bridgehead atoms. The van der Waals surface area contributed by atoms with Crippen LogP contribution in [0, 0.1) is 11.6 Å². The van der Waals surface area contributed by atoms with E-state index in [1.165, 1.54) is 18.2 Å². The maximum absolute atomic E-state index is 13.3. The Balaban J connectivity index is 2.16. The van der Waals surface area contributed by atoms with Gasteiger partial charge in [0.1, 0.15) is 24.0 Å². The van der Waals surface area contributed by atoms with E-state index < -0.39 is 17.6 Å². The van der Waals surface area contributed by atoms with E-state index in [9.17, 15) is 13.6 Å². The van der Waals surface area contributed by atoms with Gasteiger partial charge in [-0.3, -0.25) is 0 Å². The molecule has 5 heteroatoms. The van der Waals surface area contributed by atoms with Crippen molar-refractivity contribution in [3.63, 3.8) is 0 Å². The summed E-state index contributed by atoms with van der Waals surface area (Å²) in [6.07, 6.45) is 0. The summed E-state index contributed by atoms with van der Waals surface area (Å²) in [6, 6.07) is 9.14. The van der Waals surface area contributed by atoms with Crippen LogP contribution >= 0.6 is 0 Å². The first kappa shape index (κ1) is 13.0. The van der Waals surface area contributed by atoms with Crippen LogP contribution in [0.2, 0.25) is 0 Å². The van der Waals surface area contributed by atoms with Gasteiger partial charge in [0.15, 0.2) is 0 Å². The number of halogens is 2. The maximum Gasteiger partial charge on any atom is 0.335 e. The average Bonchev–Trinajstić information content (AvgIpc) is 2.37. The largest absolute Gasteiger partial charge is 0.489 e. The molecule has 0 atom stereocenters. The highest BCUT2D eigenvalue weighted by atomic mass is 19.1. The smallest absolute Gasteiger partial charge is 0.335 e. The fourth-order valence-electron chi connectivity index (χ4n) is 1.55. The lowest BCUT2D eigenvalue weighted by molar-refractivity contribution is 0.0695. The number of hydrogen-bond donors (Lipinski definition) is 1. The summed E-state index contributed by atoms with van der Waals surface area (Å²) in [5.74, 6) is -2.36. The number of carboxylic acid groups (broad SMARTS) is 1. The molecule has 0 aliphatic carbocycles. The summed E-state index contributed by atoms with van der Waals surface area (Å²) in [5.41, 5.74) is 0.0900. The molecule has 2 aromatic carbocycles. The quantitative estimate of drug-likeness (QED) is 0.922. The number of aromatic carboxylic acids is 1. The van der Waals surface area contributed by atoms with E-state index in [-0.39, 0.29) is 17.9 Å². The summed E-state index contributed by atoms with van der Waals surface area (Å²) < 4.78 is 31.7. The minimum absolute atomic E-state index is 0.0423. The van der Waals surface area contributed by atoms with Gasteiger partial charge in [-0.2, -0.15) is 0 Å². The van der Waals surface area contributed by atoms with Crippen molar-refractivity contribution >= 4 is 5.97 Å². The van der Waals surface area contributed by atoms with Crippen molar-refractivity contribution in [1.82, 2.24) is 0 Å². The Morgan fingerprint density at radius 2 is 1.89 bits per heavy atom.